The summed E-state index contributed by atoms with van der Waals surface area (Å²) in [6.07, 6.45) is 3.10. The number of ketones is 1. The van der Waals surface area contributed by atoms with Crippen molar-refractivity contribution in [2.45, 2.75) is 32.6 Å². The lowest BCUT2D eigenvalue weighted by Gasteiger charge is -2.40. The number of hydrogen-bond acceptors (Lipinski definition) is 6. The van der Waals surface area contributed by atoms with E-state index < -0.39 is 0 Å². The standard InChI is InChI=1S/C27H28N2O4/c1-27(2)13-19-25(20(30)14-27)23(15-11-21(31-3)26(33-5)22(12-15)32-4)24-16-7-6-10-28-17(16)8-9-18(24)29-19/h6-12,23,29H,13-14H2,1-5H3/t23-/m0/s1. The molecule has 1 N–H and O–H groups in total. The predicted molar refractivity (Wildman–Crippen MR) is 128 cm³/mol. The van der Waals surface area contributed by atoms with Crippen molar-refractivity contribution in [3.63, 3.8) is 0 Å². The lowest BCUT2D eigenvalue weighted by atomic mass is 9.68. The van der Waals surface area contributed by atoms with Crippen LogP contribution >= 0.6 is 0 Å². The van der Waals surface area contributed by atoms with Gasteiger partial charge in [-0.15, -0.1) is 0 Å². The molecule has 170 valence electrons. The van der Waals surface area contributed by atoms with Crippen LogP contribution in [0.3, 0.4) is 0 Å². The van der Waals surface area contributed by atoms with E-state index in [1.165, 1.54) is 0 Å². The van der Waals surface area contributed by atoms with Crippen molar-refractivity contribution in [2.24, 2.45) is 5.41 Å². The van der Waals surface area contributed by atoms with Gasteiger partial charge in [-0.3, -0.25) is 9.78 Å². The van der Waals surface area contributed by atoms with Crippen molar-refractivity contribution < 1.29 is 19.0 Å². The molecule has 6 nitrogen and oxygen atoms in total. The molecule has 0 saturated heterocycles. The molecule has 3 aromatic rings. The van der Waals surface area contributed by atoms with E-state index in [2.05, 4.69) is 36.3 Å². The zero-order chi connectivity index (χ0) is 23.3. The van der Waals surface area contributed by atoms with Crippen molar-refractivity contribution in [1.82, 2.24) is 4.98 Å². The number of Topliss-reactive ketones (excluding diaryl/α,β-unsaturated/α-hetero) is 1. The first-order valence-electron chi connectivity index (χ1n) is 11.1. The van der Waals surface area contributed by atoms with Crippen molar-refractivity contribution in [3.05, 3.63) is 65.0 Å². The van der Waals surface area contributed by atoms with Crippen molar-refractivity contribution in [1.29, 1.82) is 0 Å². The number of carbonyl (C=O) groups is 1. The second-order valence-electron chi connectivity index (χ2n) is 9.45. The molecule has 0 amide bonds. The summed E-state index contributed by atoms with van der Waals surface area (Å²) in [7, 11) is 4.80. The number of fused-ring (bicyclic) bond motifs is 3. The van der Waals surface area contributed by atoms with Gasteiger partial charge in [-0.25, -0.2) is 0 Å². The Kier molecular flexibility index (Phi) is 5.04. The molecule has 5 rings (SSSR count). The highest BCUT2D eigenvalue weighted by Gasteiger charge is 2.41. The summed E-state index contributed by atoms with van der Waals surface area (Å²) in [5.41, 5.74) is 5.56. The SMILES string of the molecule is COc1cc([C@@H]2C3=C(CC(C)(C)CC3=O)Nc3ccc4ncccc4c32)cc(OC)c1OC. The number of nitrogens with zero attached hydrogens (tertiary/aromatic N) is 1. The summed E-state index contributed by atoms with van der Waals surface area (Å²) in [5.74, 6) is 1.55. The highest BCUT2D eigenvalue weighted by atomic mass is 16.5. The third-order valence-corrected chi connectivity index (χ3v) is 6.63. The van der Waals surface area contributed by atoms with Crippen LogP contribution in [0, 0.1) is 5.41 Å². The van der Waals surface area contributed by atoms with Crippen molar-refractivity contribution in [3.8, 4) is 17.2 Å². The van der Waals surface area contributed by atoms with Gasteiger partial charge in [0.25, 0.3) is 0 Å². The molecule has 33 heavy (non-hydrogen) atoms. The maximum Gasteiger partial charge on any atom is 0.203 e. The molecule has 1 aromatic heterocycles. The van der Waals surface area contributed by atoms with Crippen LogP contribution in [0.5, 0.6) is 17.2 Å². The molecule has 6 heteroatoms. The Morgan fingerprint density at radius 1 is 1.00 bits per heavy atom. The molecule has 0 bridgehead atoms. The van der Waals surface area contributed by atoms with Gasteiger partial charge in [0.2, 0.25) is 5.75 Å². The molecule has 0 saturated carbocycles. The number of aromatic nitrogens is 1. The van der Waals surface area contributed by atoms with E-state index in [0.29, 0.717) is 23.7 Å². The highest BCUT2D eigenvalue weighted by molar-refractivity contribution is 6.04. The van der Waals surface area contributed by atoms with Crippen LogP contribution in [0.2, 0.25) is 0 Å². The first-order valence-corrected chi connectivity index (χ1v) is 11.1. The van der Waals surface area contributed by atoms with Gasteiger partial charge in [-0.2, -0.15) is 0 Å². The minimum Gasteiger partial charge on any atom is -0.493 e. The molecule has 2 aliphatic rings. The minimum atomic E-state index is -0.276. The van der Waals surface area contributed by atoms with E-state index in [9.17, 15) is 4.79 Å². The molecular weight excluding hydrogens is 416 g/mol. The lowest BCUT2D eigenvalue weighted by Crippen LogP contribution is -2.34. The smallest absolute Gasteiger partial charge is 0.203 e. The predicted octanol–water partition coefficient (Wildman–Crippen LogP) is 5.46. The second-order valence-corrected chi connectivity index (χ2v) is 9.45. The number of nitrogens with one attached hydrogen (secondary N) is 1. The summed E-state index contributed by atoms with van der Waals surface area (Å²) in [5, 5.41) is 4.62. The molecule has 1 aliphatic carbocycles. The number of allylic oxidation sites excluding steroid dienone is 2. The summed E-state index contributed by atoms with van der Waals surface area (Å²) >= 11 is 0. The monoisotopic (exact) mass is 444 g/mol. The largest absolute Gasteiger partial charge is 0.493 e. The molecule has 1 aliphatic heterocycles. The summed E-state index contributed by atoms with van der Waals surface area (Å²) in [6, 6.07) is 12.0. The fourth-order valence-electron chi connectivity index (χ4n) is 5.28. The van der Waals surface area contributed by atoms with Gasteiger partial charge in [-0.05, 0) is 53.3 Å². The first-order chi connectivity index (χ1) is 15.9. The lowest BCUT2D eigenvalue weighted by molar-refractivity contribution is -0.118. The Hall–Kier alpha value is -3.54. The molecule has 2 aromatic carbocycles. The van der Waals surface area contributed by atoms with Crippen LogP contribution < -0.4 is 19.5 Å². The average molecular weight is 445 g/mol. The number of methoxy groups -OCH3 is 3. The number of pyridine rings is 1. The summed E-state index contributed by atoms with van der Waals surface area (Å²) in [4.78, 5) is 18.2. The fraction of sp³-hybridized carbons (Fsp3) is 0.333. The van der Waals surface area contributed by atoms with E-state index in [0.717, 1.165) is 45.4 Å². The van der Waals surface area contributed by atoms with E-state index in [4.69, 9.17) is 14.2 Å². The average Bonchev–Trinajstić information content (AvgIpc) is 2.80. The topological polar surface area (TPSA) is 69.7 Å². The Bertz CT molecular complexity index is 1280. The normalized spacial score (nSPS) is 18.9. The number of rotatable bonds is 4. The quantitative estimate of drug-likeness (QED) is 0.576. The fourth-order valence-corrected chi connectivity index (χ4v) is 5.28. The third-order valence-electron chi connectivity index (χ3n) is 6.63. The van der Waals surface area contributed by atoms with E-state index in [1.807, 2.05) is 24.3 Å². The van der Waals surface area contributed by atoms with Gasteiger partial charge < -0.3 is 19.5 Å². The van der Waals surface area contributed by atoms with Crippen LogP contribution in [0.15, 0.2) is 53.9 Å². The Morgan fingerprint density at radius 3 is 2.39 bits per heavy atom. The van der Waals surface area contributed by atoms with E-state index >= 15 is 0 Å². The van der Waals surface area contributed by atoms with Gasteiger partial charge in [0.05, 0.1) is 26.8 Å². The summed E-state index contributed by atoms with van der Waals surface area (Å²) in [6.45, 7) is 4.29. The Labute approximate surface area is 193 Å². The van der Waals surface area contributed by atoms with Crippen LogP contribution in [0.25, 0.3) is 10.9 Å². The van der Waals surface area contributed by atoms with Gasteiger partial charge in [-0.1, -0.05) is 19.9 Å². The molecule has 0 radical (unpaired) electrons. The number of anilines is 1. The summed E-state index contributed by atoms with van der Waals surface area (Å²) < 4.78 is 16.8. The first kappa shape index (κ1) is 21.3. The van der Waals surface area contributed by atoms with Gasteiger partial charge in [0.1, 0.15) is 0 Å². The molecule has 0 unspecified atom stereocenters. The van der Waals surface area contributed by atoms with Crippen LogP contribution in [-0.2, 0) is 4.79 Å². The van der Waals surface area contributed by atoms with Crippen molar-refractivity contribution in [2.75, 3.05) is 26.6 Å². The Balaban J connectivity index is 1.83. The maximum atomic E-state index is 13.6. The Morgan fingerprint density at radius 2 is 1.73 bits per heavy atom. The molecule has 0 spiro atoms. The molecule has 2 heterocycles. The molecule has 0 fully saturated rings. The number of carbonyl (C=O) groups excluding carboxylic acids is 1. The zero-order valence-corrected chi connectivity index (χ0v) is 19.6. The van der Waals surface area contributed by atoms with Crippen LogP contribution in [0.1, 0.15) is 43.7 Å². The minimum absolute atomic E-state index is 0.0985. The van der Waals surface area contributed by atoms with Gasteiger partial charge in [0.15, 0.2) is 17.3 Å². The van der Waals surface area contributed by atoms with E-state index in [-0.39, 0.29) is 17.1 Å². The maximum absolute atomic E-state index is 13.6. The molecule has 1 atom stereocenters. The van der Waals surface area contributed by atoms with Crippen LogP contribution in [-0.4, -0.2) is 32.1 Å². The third kappa shape index (κ3) is 3.41. The number of hydrogen-bond donors (Lipinski definition) is 1. The van der Waals surface area contributed by atoms with Gasteiger partial charge >= 0.3 is 0 Å². The van der Waals surface area contributed by atoms with Gasteiger partial charge in [0, 0.05) is 40.9 Å². The number of ether oxygens (including phenoxy) is 3. The van der Waals surface area contributed by atoms with E-state index in [1.54, 1.807) is 27.5 Å². The van der Waals surface area contributed by atoms with Crippen LogP contribution in [0.4, 0.5) is 5.69 Å². The van der Waals surface area contributed by atoms with Crippen molar-refractivity contribution >= 4 is 22.4 Å². The number of benzene rings is 2. The highest BCUT2D eigenvalue weighted by Crippen LogP contribution is 2.52. The second kappa shape index (κ2) is 7.80. The zero-order valence-electron chi connectivity index (χ0n) is 19.6. The molecular formula is C27H28N2O4.